The van der Waals surface area contributed by atoms with Gasteiger partial charge >= 0.3 is 5.97 Å². The second kappa shape index (κ2) is 6.43. The Kier molecular flexibility index (Phi) is 5.20. The molecule has 3 heteroatoms. The van der Waals surface area contributed by atoms with Crippen molar-refractivity contribution in [3.63, 3.8) is 0 Å². The van der Waals surface area contributed by atoms with Gasteiger partial charge in [-0.05, 0) is 29.5 Å². The van der Waals surface area contributed by atoms with Crippen LogP contribution in [-0.4, -0.2) is 19.7 Å². The van der Waals surface area contributed by atoms with Gasteiger partial charge < -0.3 is 9.47 Å². The van der Waals surface area contributed by atoms with Crippen molar-refractivity contribution in [2.24, 2.45) is 0 Å². The lowest BCUT2D eigenvalue weighted by molar-refractivity contribution is -0.140. The quantitative estimate of drug-likeness (QED) is 0.594. The Hall–Kier alpha value is -1.51. The molecule has 0 atom stereocenters. The van der Waals surface area contributed by atoms with Crippen molar-refractivity contribution in [2.75, 3.05) is 13.7 Å². The Morgan fingerprint density at radius 1 is 1.28 bits per heavy atom. The second-order valence-corrected chi connectivity index (χ2v) is 5.31. The molecule has 0 aliphatic rings. The number of benzene rings is 1. The highest BCUT2D eigenvalue weighted by Gasteiger charge is 2.13. The fourth-order valence-electron chi connectivity index (χ4n) is 1.56. The summed E-state index contributed by atoms with van der Waals surface area (Å²) in [5.74, 6) is 0.661. The molecule has 100 valence electrons. The van der Waals surface area contributed by atoms with Gasteiger partial charge in [-0.3, -0.25) is 4.79 Å². The van der Waals surface area contributed by atoms with E-state index in [1.165, 1.54) is 12.7 Å². The normalized spacial score (nSPS) is 11.1. The summed E-state index contributed by atoms with van der Waals surface area (Å²) >= 11 is 0. The van der Waals surface area contributed by atoms with E-state index >= 15 is 0 Å². The van der Waals surface area contributed by atoms with Gasteiger partial charge in [0.25, 0.3) is 0 Å². The largest absolute Gasteiger partial charge is 0.494 e. The minimum absolute atomic E-state index is 0.116. The third-order valence-electron chi connectivity index (χ3n) is 2.72. The van der Waals surface area contributed by atoms with E-state index in [1.54, 1.807) is 0 Å². The van der Waals surface area contributed by atoms with Gasteiger partial charge in [-0.2, -0.15) is 0 Å². The Morgan fingerprint density at radius 2 is 2.00 bits per heavy atom. The lowest BCUT2D eigenvalue weighted by Crippen LogP contribution is -2.11. The van der Waals surface area contributed by atoms with Crippen molar-refractivity contribution in [3.8, 4) is 5.75 Å². The summed E-state index contributed by atoms with van der Waals surface area (Å²) in [6.45, 7) is 7.04. The first-order valence-electron chi connectivity index (χ1n) is 6.23. The summed E-state index contributed by atoms with van der Waals surface area (Å²) in [6, 6.07) is 8.09. The van der Waals surface area contributed by atoms with E-state index in [0.29, 0.717) is 19.4 Å². The van der Waals surface area contributed by atoms with Crippen molar-refractivity contribution in [1.82, 2.24) is 0 Å². The predicted octanol–water partition coefficient (Wildman–Crippen LogP) is 3.32. The van der Waals surface area contributed by atoms with Crippen molar-refractivity contribution in [2.45, 2.75) is 39.0 Å². The molecule has 0 aromatic heterocycles. The summed E-state index contributed by atoms with van der Waals surface area (Å²) < 4.78 is 10.2. The monoisotopic (exact) mass is 250 g/mol. The van der Waals surface area contributed by atoms with Crippen LogP contribution >= 0.6 is 0 Å². The third kappa shape index (κ3) is 4.78. The minimum atomic E-state index is -0.193. The number of hydrogen-bond acceptors (Lipinski definition) is 3. The van der Waals surface area contributed by atoms with Crippen LogP contribution in [0.4, 0.5) is 0 Å². The van der Waals surface area contributed by atoms with Gasteiger partial charge in [-0.15, -0.1) is 0 Å². The van der Waals surface area contributed by atoms with E-state index in [1.807, 2.05) is 12.1 Å². The zero-order chi connectivity index (χ0) is 13.6. The summed E-state index contributed by atoms with van der Waals surface area (Å²) in [5, 5.41) is 0. The molecule has 0 heterocycles. The second-order valence-electron chi connectivity index (χ2n) is 5.31. The predicted molar refractivity (Wildman–Crippen MR) is 71.9 cm³/mol. The number of hydrogen-bond donors (Lipinski definition) is 0. The number of rotatable bonds is 5. The molecular formula is C15H22O3. The molecule has 0 aliphatic heterocycles. The van der Waals surface area contributed by atoms with Crippen molar-refractivity contribution in [1.29, 1.82) is 0 Å². The van der Waals surface area contributed by atoms with E-state index in [4.69, 9.17) is 4.74 Å². The molecule has 0 unspecified atom stereocenters. The number of carbonyl (C=O) groups is 1. The van der Waals surface area contributed by atoms with Crippen LogP contribution in [0, 0.1) is 0 Å². The topological polar surface area (TPSA) is 35.5 Å². The van der Waals surface area contributed by atoms with E-state index in [0.717, 1.165) is 5.75 Å². The van der Waals surface area contributed by atoms with Crippen LogP contribution in [-0.2, 0) is 14.9 Å². The Bertz CT molecular complexity index is 391. The van der Waals surface area contributed by atoms with Crippen LogP contribution < -0.4 is 4.74 Å². The van der Waals surface area contributed by atoms with Crippen molar-refractivity contribution >= 4 is 5.97 Å². The van der Waals surface area contributed by atoms with E-state index in [9.17, 15) is 4.79 Å². The summed E-state index contributed by atoms with van der Waals surface area (Å²) in [4.78, 5) is 10.9. The minimum Gasteiger partial charge on any atom is -0.494 e. The van der Waals surface area contributed by atoms with Gasteiger partial charge in [0.1, 0.15) is 5.75 Å². The molecule has 18 heavy (non-hydrogen) atoms. The van der Waals surface area contributed by atoms with Gasteiger partial charge in [0.05, 0.1) is 13.7 Å². The lowest BCUT2D eigenvalue weighted by atomic mass is 9.87. The highest BCUT2D eigenvalue weighted by Crippen LogP contribution is 2.25. The van der Waals surface area contributed by atoms with Crippen LogP contribution in [0.5, 0.6) is 5.75 Å². The molecule has 0 fully saturated rings. The first-order chi connectivity index (χ1) is 8.43. The van der Waals surface area contributed by atoms with Gasteiger partial charge in [0.15, 0.2) is 0 Å². The zero-order valence-corrected chi connectivity index (χ0v) is 11.7. The number of methoxy groups -OCH3 is 1. The van der Waals surface area contributed by atoms with Crippen LogP contribution in [0.1, 0.15) is 39.2 Å². The van der Waals surface area contributed by atoms with Crippen LogP contribution in [0.2, 0.25) is 0 Å². The molecule has 0 spiro atoms. The number of esters is 1. The summed E-state index contributed by atoms with van der Waals surface area (Å²) in [5.41, 5.74) is 1.36. The first kappa shape index (κ1) is 14.6. The maximum atomic E-state index is 10.9. The molecule has 0 amide bonds. The zero-order valence-electron chi connectivity index (χ0n) is 11.7. The molecule has 0 bridgehead atoms. The first-order valence-corrected chi connectivity index (χ1v) is 6.23. The average Bonchev–Trinajstić information content (AvgIpc) is 2.33. The number of carbonyl (C=O) groups excluding carboxylic acids is 1. The highest BCUT2D eigenvalue weighted by atomic mass is 16.5. The highest BCUT2D eigenvalue weighted by molar-refractivity contribution is 5.69. The number of ether oxygens (including phenoxy) is 2. The molecule has 1 rings (SSSR count). The van der Waals surface area contributed by atoms with Gasteiger partial charge in [-0.1, -0.05) is 32.9 Å². The molecule has 0 N–H and O–H groups in total. The Balaban J connectivity index is 2.46. The smallest absolute Gasteiger partial charge is 0.305 e. The maximum absolute atomic E-state index is 10.9. The molecule has 1 aromatic rings. The Labute approximate surface area is 109 Å². The van der Waals surface area contributed by atoms with E-state index in [2.05, 4.69) is 37.6 Å². The Morgan fingerprint density at radius 3 is 2.61 bits per heavy atom. The summed E-state index contributed by atoms with van der Waals surface area (Å²) in [6.07, 6.45) is 1.07. The van der Waals surface area contributed by atoms with Gasteiger partial charge in [0.2, 0.25) is 0 Å². The molecule has 0 saturated heterocycles. The molecule has 3 nitrogen and oxygen atoms in total. The van der Waals surface area contributed by atoms with Crippen molar-refractivity contribution in [3.05, 3.63) is 29.8 Å². The summed E-state index contributed by atoms with van der Waals surface area (Å²) in [7, 11) is 1.40. The average molecular weight is 250 g/mol. The standard InChI is InChI=1S/C15H22O3/c1-15(2,3)12-7-5-8-13(11-12)18-10-6-9-14(16)17-4/h5,7-8,11H,6,9-10H2,1-4H3. The van der Waals surface area contributed by atoms with Crippen molar-refractivity contribution < 1.29 is 14.3 Å². The fraction of sp³-hybridized carbons (Fsp3) is 0.533. The lowest BCUT2D eigenvalue weighted by Gasteiger charge is -2.19. The van der Waals surface area contributed by atoms with Crippen LogP contribution in [0.25, 0.3) is 0 Å². The van der Waals surface area contributed by atoms with Gasteiger partial charge in [-0.25, -0.2) is 0 Å². The molecule has 0 aliphatic carbocycles. The SMILES string of the molecule is COC(=O)CCCOc1cccc(C(C)(C)C)c1. The molecule has 0 saturated carbocycles. The van der Waals surface area contributed by atoms with Crippen LogP contribution in [0.15, 0.2) is 24.3 Å². The molecule has 0 radical (unpaired) electrons. The fourth-order valence-corrected chi connectivity index (χ4v) is 1.56. The molecule has 1 aromatic carbocycles. The third-order valence-corrected chi connectivity index (χ3v) is 2.72. The van der Waals surface area contributed by atoms with E-state index in [-0.39, 0.29) is 11.4 Å². The molecular weight excluding hydrogens is 228 g/mol. The maximum Gasteiger partial charge on any atom is 0.305 e. The van der Waals surface area contributed by atoms with Crippen LogP contribution in [0.3, 0.4) is 0 Å². The van der Waals surface area contributed by atoms with Gasteiger partial charge in [0, 0.05) is 6.42 Å². The van der Waals surface area contributed by atoms with E-state index < -0.39 is 0 Å².